The third-order valence-electron chi connectivity index (χ3n) is 2.93. The van der Waals surface area contributed by atoms with Gasteiger partial charge in [0.05, 0.1) is 11.9 Å². The monoisotopic (exact) mass is 284 g/mol. The van der Waals surface area contributed by atoms with E-state index in [-0.39, 0.29) is 6.04 Å². The van der Waals surface area contributed by atoms with E-state index < -0.39 is 0 Å². The zero-order chi connectivity index (χ0) is 13.3. The molecule has 2 aromatic rings. The lowest BCUT2D eigenvalue weighted by atomic mass is 10.3. The maximum Gasteiger partial charge on any atom is 0.133 e. The summed E-state index contributed by atoms with van der Waals surface area (Å²) in [5.74, 6) is 0.899. The molecule has 0 aromatic carbocycles. The summed E-state index contributed by atoms with van der Waals surface area (Å²) < 4.78 is 1.89. The minimum absolute atomic E-state index is 0.00454. The van der Waals surface area contributed by atoms with E-state index in [1.54, 1.807) is 17.5 Å². The van der Waals surface area contributed by atoms with Crippen LogP contribution in [0.15, 0.2) is 6.20 Å². The van der Waals surface area contributed by atoms with Gasteiger partial charge in [-0.25, -0.2) is 9.97 Å². The van der Waals surface area contributed by atoms with Crippen molar-refractivity contribution < 1.29 is 0 Å². The Bertz CT molecular complexity index is 527. The van der Waals surface area contributed by atoms with Gasteiger partial charge in [-0.3, -0.25) is 0 Å². The zero-order valence-electron chi connectivity index (χ0n) is 11.0. The van der Waals surface area contributed by atoms with E-state index in [4.69, 9.17) is 11.6 Å². The molecule has 0 aliphatic heterocycles. The number of hydrogen-bond donors (Lipinski definition) is 1. The highest BCUT2D eigenvalue weighted by Gasteiger charge is 2.22. The SMILES string of the molecule is CCNC(c1nc(C)c(C)s1)c1ncc(Cl)n1C. The number of aromatic nitrogens is 3. The third-order valence-corrected chi connectivity index (χ3v) is 4.41. The fourth-order valence-corrected chi connectivity index (χ4v) is 2.92. The smallest absolute Gasteiger partial charge is 0.133 e. The maximum absolute atomic E-state index is 6.05. The Morgan fingerprint density at radius 2 is 2.22 bits per heavy atom. The van der Waals surface area contributed by atoms with E-state index in [0.29, 0.717) is 5.15 Å². The summed E-state index contributed by atoms with van der Waals surface area (Å²) in [6.07, 6.45) is 1.68. The molecule has 2 rings (SSSR count). The Balaban J connectivity index is 2.42. The van der Waals surface area contributed by atoms with Crippen LogP contribution >= 0.6 is 22.9 Å². The van der Waals surface area contributed by atoms with Gasteiger partial charge in [0.15, 0.2) is 0 Å². The Kier molecular flexibility index (Phi) is 4.04. The number of aryl methyl sites for hydroxylation is 2. The van der Waals surface area contributed by atoms with E-state index >= 15 is 0 Å². The second kappa shape index (κ2) is 5.38. The van der Waals surface area contributed by atoms with Crippen molar-refractivity contribution in [2.75, 3.05) is 6.54 Å². The highest BCUT2D eigenvalue weighted by atomic mass is 35.5. The maximum atomic E-state index is 6.05. The van der Waals surface area contributed by atoms with Crippen molar-refractivity contribution in [3.05, 3.63) is 32.8 Å². The molecule has 98 valence electrons. The molecule has 1 atom stereocenters. The van der Waals surface area contributed by atoms with Crippen LogP contribution in [0.1, 0.15) is 34.4 Å². The summed E-state index contributed by atoms with van der Waals surface area (Å²) in [4.78, 5) is 10.2. The van der Waals surface area contributed by atoms with Gasteiger partial charge in [-0.1, -0.05) is 18.5 Å². The predicted octanol–water partition coefficient (Wildman–Crippen LogP) is 2.85. The summed E-state index contributed by atoms with van der Waals surface area (Å²) in [7, 11) is 1.92. The molecular weight excluding hydrogens is 268 g/mol. The first kappa shape index (κ1) is 13.5. The van der Waals surface area contributed by atoms with Crippen molar-refractivity contribution in [1.82, 2.24) is 19.9 Å². The van der Waals surface area contributed by atoms with E-state index in [1.165, 1.54) is 4.88 Å². The Labute approximate surface area is 116 Å². The van der Waals surface area contributed by atoms with Gasteiger partial charge in [0, 0.05) is 11.9 Å². The number of hydrogen-bond acceptors (Lipinski definition) is 4. The molecule has 1 N–H and O–H groups in total. The van der Waals surface area contributed by atoms with Crippen LogP contribution < -0.4 is 5.32 Å². The summed E-state index contributed by atoms with van der Waals surface area (Å²) in [6, 6.07) is 0.00454. The second-order valence-electron chi connectivity index (χ2n) is 4.18. The van der Waals surface area contributed by atoms with E-state index in [0.717, 1.165) is 23.1 Å². The van der Waals surface area contributed by atoms with Crippen LogP contribution in [-0.2, 0) is 7.05 Å². The van der Waals surface area contributed by atoms with Crippen LogP contribution in [0.4, 0.5) is 0 Å². The highest BCUT2D eigenvalue weighted by Crippen LogP contribution is 2.28. The van der Waals surface area contributed by atoms with Crippen molar-refractivity contribution in [2.24, 2.45) is 7.05 Å². The summed E-state index contributed by atoms with van der Waals surface area (Å²) in [6.45, 7) is 7.05. The molecule has 0 saturated carbocycles. The molecule has 0 fully saturated rings. The number of imidazole rings is 1. The first-order chi connectivity index (χ1) is 8.54. The lowest BCUT2D eigenvalue weighted by Gasteiger charge is -2.15. The lowest BCUT2D eigenvalue weighted by molar-refractivity contribution is 0.574. The molecule has 4 nitrogen and oxygen atoms in total. The summed E-state index contributed by atoms with van der Waals surface area (Å²) >= 11 is 7.76. The predicted molar refractivity (Wildman–Crippen MR) is 75.3 cm³/mol. The van der Waals surface area contributed by atoms with Gasteiger partial charge in [-0.2, -0.15) is 0 Å². The fourth-order valence-electron chi connectivity index (χ4n) is 1.78. The molecule has 6 heteroatoms. The van der Waals surface area contributed by atoms with Crippen molar-refractivity contribution in [2.45, 2.75) is 26.8 Å². The normalized spacial score (nSPS) is 12.9. The van der Waals surface area contributed by atoms with Crippen LogP contribution in [0.5, 0.6) is 0 Å². The first-order valence-corrected chi connectivity index (χ1v) is 7.08. The molecule has 1 unspecified atom stereocenters. The number of rotatable bonds is 4. The minimum atomic E-state index is 0.00454. The molecule has 0 aliphatic carbocycles. The average Bonchev–Trinajstić information content (AvgIpc) is 2.82. The molecule has 18 heavy (non-hydrogen) atoms. The van der Waals surface area contributed by atoms with Crippen molar-refractivity contribution in [3.8, 4) is 0 Å². The topological polar surface area (TPSA) is 42.7 Å². The fraction of sp³-hybridized carbons (Fsp3) is 0.500. The van der Waals surface area contributed by atoms with E-state index in [9.17, 15) is 0 Å². The summed E-state index contributed by atoms with van der Waals surface area (Å²) in [5, 5.41) is 5.09. The van der Waals surface area contributed by atoms with Crippen LogP contribution in [0.25, 0.3) is 0 Å². The standard InChI is InChI=1S/C12H17ClN4S/c1-5-14-10(11-15-6-9(13)17(11)4)12-16-7(2)8(3)18-12/h6,10,14H,5H2,1-4H3. The van der Waals surface area contributed by atoms with Crippen molar-refractivity contribution in [1.29, 1.82) is 0 Å². The molecule has 2 heterocycles. The van der Waals surface area contributed by atoms with Gasteiger partial charge < -0.3 is 9.88 Å². The van der Waals surface area contributed by atoms with Gasteiger partial charge >= 0.3 is 0 Å². The summed E-state index contributed by atoms with van der Waals surface area (Å²) in [5.41, 5.74) is 1.08. The largest absolute Gasteiger partial charge is 0.321 e. The number of thiazole rings is 1. The molecule has 0 radical (unpaired) electrons. The van der Waals surface area contributed by atoms with Gasteiger partial charge in [0.1, 0.15) is 22.0 Å². The molecule has 0 aliphatic rings. The van der Waals surface area contributed by atoms with Crippen LogP contribution in [0, 0.1) is 13.8 Å². The van der Waals surface area contributed by atoms with Crippen LogP contribution in [0.2, 0.25) is 5.15 Å². The molecular formula is C12H17ClN4S. The van der Waals surface area contributed by atoms with Crippen LogP contribution in [0.3, 0.4) is 0 Å². The third kappa shape index (κ3) is 2.43. The van der Waals surface area contributed by atoms with Gasteiger partial charge in [0.25, 0.3) is 0 Å². The minimum Gasteiger partial charge on any atom is -0.321 e. The second-order valence-corrected chi connectivity index (χ2v) is 5.80. The Hall–Kier alpha value is -0.910. The number of nitrogens with one attached hydrogen (secondary N) is 1. The van der Waals surface area contributed by atoms with Gasteiger partial charge in [0.2, 0.25) is 0 Å². The first-order valence-electron chi connectivity index (χ1n) is 5.89. The van der Waals surface area contributed by atoms with Crippen LogP contribution in [-0.4, -0.2) is 21.1 Å². The van der Waals surface area contributed by atoms with E-state index in [2.05, 4.69) is 29.1 Å². The van der Waals surface area contributed by atoms with Gasteiger partial charge in [-0.05, 0) is 20.4 Å². The van der Waals surface area contributed by atoms with E-state index in [1.807, 2.05) is 18.5 Å². The molecule has 0 spiro atoms. The van der Waals surface area contributed by atoms with Crippen molar-refractivity contribution in [3.63, 3.8) is 0 Å². The Morgan fingerprint density at radius 3 is 2.67 bits per heavy atom. The lowest BCUT2D eigenvalue weighted by Crippen LogP contribution is -2.24. The Morgan fingerprint density at radius 1 is 1.50 bits per heavy atom. The highest BCUT2D eigenvalue weighted by molar-refractivity contribution is 7.11. The molecule has 2 aromatic heterocycles. The quantitative estimate of drug-likeness (QED) is 0.939. The number of nitrogens with zero attached hydrogens (tertiary/aromatic N) is 3. The molecule has 0 bridgehead atoms. The molecule has 0 saturated heterocycles. The molecule has 0 amide bonds. The van der Waals surface area contributed by atoms with Crippen molar-refractivity contribution >= 4 is 22.9 Å². The number of halogens is 1. The zero-order valence-corrected chi connectivity index (χ0v) is 12.6. The van der Waals surface area contributed by atoms with Gasteiger partial charge in [-0.15, -0.1) is 11.3 Å². The average molecular weight is 285 g/mol.